The smallest absolute Gasteiger partial charge is 0.225 e. The second-order valence-corrected chi connectivity index (χ2v) is 7.38. The van der Waals surface area contributed by atoms with E-state index in [2.05, 4.69) is 13.8 Å². The molecule has 0 aromatic rings. The van der Waals surface area contributed by atoms with Gasteiger partial charge in [-0.05, 0) is 56.4 Å². The second kappa shape index (κ2) is 7.13. The van der Waals surface area contributed by atoms with E-state index in [0.717, 1.165) is 25.7 Å². The van der Waals surface area contributed by atoms with Gasteiger partial charge >= 0.3 is 0 Å². The van der Waals surface area contributed by atoms with Gasteiger partial charge in [0.2, 0.25) is 5.91 Å². The standard InChI is InChI=1S/C16H30N2O.ClH/c1-16(2)9-7-13(8-10-16)18(3)15(19)14-6-4-5-12(14)11-17;/h12-14H,4-11,17H2,1-3H3;1H/t12-,14-;/m1./s1. The van der Waals surface area contributed by atoms with Gasteiger partial charge in [-0.2, -0.15) is 0 Å². The van der Waals surface area contributed by atoms with Gasteiger partial charge in [0.05, 0.1) is 0 Å². The van der Waals surface area contributed by atoms with E-state index in [-0.39, 0.29) is 18.3 Å². The molecule has 0 bridgehead atoms. The first kappa shape index (κ1) is 17.8. The van der Waals surface area contributed by atoms with E-state index >= 15 is 0 Å². The average Bonchev–Trinajstić information content (AvgIpc) is 2.85. The fourth-order valence-electron chi connectivity index (χ4n) is 3.86. The molecule has 0 heterocycles. The molecular weight excluding hydrogens is 272 g/mol. The molecule has 1 amide bonds. The quantitative estimate of drug-likeness (QED) is 0.870. The number of hydrogen-bond acceptors (Lipinski definition) is 2. The molecule has 2 fully saturated rings. The zero-order valence-corrected chi connectivity index (χ0v) is 14.0. The van der Waals surface area contributed by atoms with Crippen molar-refractivity contribution >= 4 is 18.3 Å². The normalized spacial score (nSPS) is 29.8. The molecule has 2 aliphatic carbocycles. The summed E-state index contributed by atoms with van der Waals surface area (Å²) >= 11 is 0. The van der Waals surface area contributed by atoms with Crippen LogP contribution in [0.4, 0.5) is 0 Å². The van der Waals surface area contributed by atoms with Crippen LogP contribution in [0.3, 0.4) is 0 Å². The second-order valence-electron chi connectivity index (χ2n) is 7.38. The van der Waals surface area contributed by atoms with Gasteiger partial charge in [0.25, 0.3) is 0 Å². The van der Waals surface area contributed by atoms with Crippen LogP contribution in [-0.2, 0) is 4.79 Å². The Balaban J connectivity index is 0.00000200. The van der Waals surface area contributed by atoms with Gasteiger partial charge in [-0.3, -0.25) is 4.79 Å². The number of halogens is 1. The van der Waals surface area contributed by atoms with E-state index in [0.29, 0.717) is 29.8 Å². The van der Waals surface area contributed by atoms with E-state index in [1.165, 1.54) is 19.3 Å². The summed E-state index contributed by atoms with van der Waals surface area (Å²) in [7, 11) is 2.01. The zero-order valence-electron chi connectivity index (χ0n) is 13.2. The van der Waals surface area contributed by atoms with E-state index in [1.54, 1.807) is 0 Å². The summed E-state index contributed by atoms with van der Waals surface area (Å²) in [5, 5.41) is 0. The lowest BCUT2D eigenvalue weighted by Crippen LogP contribution is -2.44. The van der Waals surface area contributed by atoms with Crippen molar-refractivity contribution < 1.29 is 4.79 Å². The molecule has 0 unspecified atom stereocenters. The fourth-order valence-corrected chi connectivity index (χ4v) is 3.86. The predicted molar refractivity (Wildman–Crippen MR) is 85.9 cm³/mol. The molecule has 0 aliphatic heterocycles. The van der Waals surface area contributed by atoms with Crippen molar-refractivity contribution in [3.8, 4) is 0 Å². The Morgan fingerprint density at radius 1 is 1.20 bits per heavy atom. The van der Waals surface area contributed by atoms with Crippen LogP contribution >= 0.6 is 12.4 Å². The molecule has 0 aromatic heterocycles. The van der Waals surface area contributed by atoms with E-state index in [1.807, 2.05) is 11.9 Å². The van der Waals surface area contributed by atoms with Crippen LogP contribution in [0.1, 0.15) is 58.8 Å². The molecule has 118 valence electrons. The largest absolute Gasteiger partial charge is 0.343 e. The van der Waals surface area contributed by atoms with Crippen LogP contribution in [0.25, 0.3) is 0 Å². The van der Waals surface area contributed by atoms with Gasteiger partial charge in [0, 0.05) is 19.0 Å². The van der Waals surface area contributed by atoms with E-state index in [9.17, 15) is 4.79 Å². The zero-order chi connectivity index (χ0) is 14.0. The predicted octanol–water partition coefficient (Wildman–Crippen LogP) is 3.21. The van der Waals surface area contributed by atoms with Gasteiger partial charge in [-0.1, -0.05) is 20.3 Å². The van der Waals surface area contributed by atoms with Crippen molar-refractivity contribution in [2.75, 3.05) is 13.6 Å². The van der Waals surface area contributed by atoms with Crippen LogP contribution in [-0.4, -0.2) is 30.4 Å². The van der Waals surface area contributed by atoms with Gasteiger partial charge in [0.1, 0.15) is 0 Å². The van der Waals surface area contributed by atoms with Crippen LogP contribution in [0.15, 0.2) is 0 Å². The van der Waals surface area contributed by atoms with Crippen molar-refractivity contribution in [2.24, 2.45) is 23.0 Å². The average molecular weight is 303 g/mol. The Hall–Kier alpha value is -0.280. The van der Waals surface area contributed by atoms with Crippen LogP contribution < -0.4 is 5.73 Å². The first-order valence-corrected chi connectivity index (χ1v) is 7.91. The molecule has 2 rings (SSSR count). The van der Waals surface area contributed by atoms with Crippen molar-refractivity contribution in [2.45, 2.75) is 64.8 Å². The van der Waals surface area contributed by atoms with Gasteiger partial charge in [-0.15, -0.1) is 12.4 Å². The first-order chi connectivity index (χ1) is 8.94. The topological polar surface area (TPSA) is 46.3 Å². The van der Waals surface area contributed by atoms with Crippen molar-refractivity contribution in [1.82, 2.24) is 4.90 Å². The van der Waals surface area contributed by atoms with Crippen LogP contribution in [0, 0.1) is 17.3 Å². The number of amides is 1. The van der Waals surface area contributed by atoms with E-state index < -0.39 is 0 Å². The molecule has 2 N–H and O–H groups in total. The molecule has 0 radical (unpaired) electrons. The number of carbonyl (C=O) groups excluding carboxylic acids is 1. The maximum Gasteiger partial charge on any atom is 0.225 e. The molecule has 4 heteroatoms. The molecule has 3 nitrogen and oxygen atoms in total. The third kappa shape index (κ3) is 3.88. The van der Waals surface area contributed by atoms with Crippen molar-refractivity contribution in [3.63, 3.8) is 0 Å². The Morgan fingerprint density at radius 2 is 1.80 bits per heavy atom. The number of hydrogen-bond donors (Lipinski definition) is 1. The highest BCUT2D eigenvalue weighted by Gasteiger charge is 2.37. The maximum absolute atomic E-state index is 12.6. The number of rotatable bonds is 3. The van der Waals surface area contributed by atoms with Crippen LogP contribution in [0.2, 0.25) is 0 Å². The summed E-state index contributed by atoms with van der Waals surface area (Å²) in [5.41, 5.74) is 6.27. The molecule has 0 spiro atoms. The van der Waals surface area contributed by atoms with Gasteiger partial charge in [0.15, 0.2) is 0 Å². The molecule has 2 aliphatic rings. The highest BCUT2D eigenvalue weighted by molar-refractivity contribution is 5.85. The molecule has 0 saturated heterocycles. The monoisotopic (exact) mass is 302 g/mol. The summed E-state index contributed by atoms with van der Waals surface area (Å²) in [4.78, 5) is 14.7. The lowest BCUT2D eigenvalue weighted by molar-refractivity contribution is -0.138. The van der Waals surface area contributed by atoms with Crippen molar-refractivity contribution in [1.29, 1.82) is 0 Å². The highest BCUT2D eigenvalue weighted by atomic mass is 35.5. The minimum atomic E-state index is 0. The molecule has 2 atom stereocenters. The fraction of sp³-hybridized carbons (Fsp3) is 0.938. The van der Waals surface area contributed by atoms with E-state index in [4.69, 9.17) is 5.73 Å². The third-order valence-electron chi connectivity index (χ3n) is 5.48. The SMILES string of the molecule is CN(C(=O)[C@@H]1CCC[C@@H]1CN)C1CCC(C)(C)CC1.Cl. The lowest BCUT2D eigenvalue weighted by atomic mass is 9.75. The summed E-state index contributed by atoms with van der Waals surface area (Å²) in [6.45, 7) is 5.35. The minimum Gasteiger partial charge on any atom is -0.343 e. The summed E-state index contributed by atoms with van der Waals surface area (Å²) in [5.74, 6) is 0.984. The Morgan fingerprint density at radius 3 is 2.35 bits per heavy atom. The summed E-state index contributed by atoms with van der Waals surface area (Å²) in [6, 6.07) is 0.458. The molecular formula is C16H31ClN2O. The summed E-state index contributed by atoms with van der Waals surface area (Å²) < 4.78 is 0. The highest BCUT2D eigenvalue weighted by Crippen LogP contribution is 2.38. The Bertz CT molecular complexity index is 322. The van der Waals surface area contributed by atoms with Gasteiger partial charge < -0.3 is 10.6 Å². The molecule has 20 heavy (non-hydrogen) atoms. The molecule has 2 saturated carbocycles. The third-order valence-corrected chi connectivity index (χ3v) is 5.48. The van der Waals surface area contributed by atoms with Crippen LogP contribution in [0.5, 0.6) is 0 Å². The Kier molecular flexibility index (Phi) is 6.33. The first-order valence-electron chi connectivity index (χ1n) is 7.91. The van der Waals surface area contributed by atoms with Gasteiger partial charge in [-0.25, -0.2) is 0 Å². The Labute approximate surface area is 130 Å². The minimum absolute atomic E-state index is 0. The number of carbonyl (C=O) groups is 1. The number of nitrogens with zero attached hydrogens (tertiary/aromatic N) is 1. The lowest BCUT2D eigenvalue weighted by Gasteiger charge is -2.39. The van der Waals surface area contributed by atoms with Crippen molar-refractivity contribution in [3.05, 3.63) is 0 Å². The number of nitrogens with two attached hydrogens (primary N) is 1. The summed E-state index contributed by atoms with van der Waals surface area (Å²) in [6.07, 6.45) is 8.15. The molecule has 0 aromatic carbocycles. The maximum atomic E-state index is 12.6.